The zero-order chi connectivity index (χ0) is 16.2. The average Bonchev–Trinajstić information content (AvgIpc) is 2.96. The van der Waals surface area contributed by atoms with E-state index in [4.69, 9.17) is 10.00 Å². The molecule has 2 saturated heterocycles. The van der Waals surface area contributed by atoms with Crippen LogP contribution in [0.4, 0.5) is 4.79 Å². The van der Waals surface area contributed by atoms with Crippen molar-refractivity contribution in [1.29, 1.82) is 5.26 Å². The number of likely N-dealkylation sites (tertiary alicyclic amines) is 1. The molecule has 3 rings (SSSR count). The highest BCUT2D eigenvalue weighted by atomic mass is 16.6. The van der Waals surface area contributed by atoms with Gasteiger partial charge >= 0.3 is 6.09 Å². The zero-order valence-electron chi connectivity index (χ0n) is 12.9. The van der Waals surface area contributed by atoms with Crippen LogP contribution in [0.1, 0.15) is 24.4 Å². The molecule has 0 saturated carbocycles. The Kier molecular flexibility index (Phi) is 4.47. The van der Waals surface area contributed by atoms with Gasteiger partial charge in [-0.2, -0.15) is 5.26 Å². The minimum atomic E-state index is -0.445. The number of hydrogen-bond acceptors (Lipinski definition) is 4. The molecular formula is C17H19N3O3. The molecule has 120 valence electrons. The lowest BCUT2D eigenvalue weighted by Crippen LogP contribution is -2.44. The van der Waals surface area contributed by atoms with Crippen molar-refractivity contribution in [2.24, 2.45) is 5.92 Å². The summed E-state index contributed by atoms with van der Waals surface area (Å²) in [6, 6.07) is 11.6. The first-order valence-corrected chi connectivity index (χ1v) is 7.85. The van der Waals surface area contributed by atoms with E-state index in [1.54, 1.807) is 4.90 Å². The molecule has 0 aromatic heterocycles. The number of nitriles is 1. The lowest BCUT2D eigenvalue weighted by atomic mass is 9.98. The Morgan fingerprint density at radius 1 is 1.26 bits per heavy atom. The highest BCUT2D eigenvalue weighted by Gasteiger charge is 2.36. The van der Waals surface area contributed by atoms with Crippen LogP contribution in [0, 0.1) is 17.2 Å². The Morgan fingerprint density at radius 3 is 2.61 bits per heavy atom. The van der Waals surface area contributed by atoms with Crippen LogP contribution >= 0.6 is 0 Å². The first-order valence-electron chi connectivity index (χ1n) is 7.85. The van der Waals surface area contributed by atoms with Crippen LogP contribution in [0.2, 0.25) is 0 Å². The number of carbonyl (C=O) groups is 2. The summed E-state index contributed by atoms with van der Waals surface area (Å²) in [5.74, 6) is -0.0472. The molecule has 1 atom stereocenters. The number of ether oxygens (including phenoxy) is 1. The van der Waals surface area contributed by atoms with E-state index in [0.717, 1.165) is 5.56 Å². The maximum atomic E-state index is 12.5. The van der Waals surface area contributed by atoms with E-state index in [2.05, 4.69) is 6.07 Å². The van der Waals surface area contributed by atoms with Crippen LogP contribution in [0.5, 0.6) is 0 Å². The molecule has 2 heterocycles. The molecule has 1 aromatic rings. The number of piperidine rings is 1. The monoisotopic (exact) mass is 313 g/mol. The van der Waals surface area contributed by atoms with Crippen LogP contribution in [-0.4, -0.2) is 48.0 Å². The second kappa shape index (κ2) is 6.69. The van der Waals surface area contributed by atoms with Gasteiger partial charge in [-0.25, -0.2) is 4.79 Å². The van der Waals surface area contributed by atoms with Gasteiger partial charge in [-0.3, -0.25) is 9.69 Å². The summed E-state index contributed by atoms with van der Waals surface area (Å²) in [4.78, 5) is 27.7. The Balaban J connectivity index is 1.65. The van der Waals surface area contributed by atoms with Crippen LogP contribution in [0.25, 0.3) is 0 Å². The van der Waals surface area contributed by atoms with E-state index in [9.17, 15) is 9.59 Å². The van der Waals surface area contributed by atoms with Crippen molar-refractivity contribution < 1.29 is 14.3 Å². The molecule has 6 heteroatoms. The summed E-state index contributed by atoms with van der Waals surface area (Å²) in [6.45, 7) is 1.45. The highest BCUT2D eigenvalue weighted by molar-refractivity contribution is 5.83. The molecular weight excluding hydrogens is 294 g/mol. The van der Waals surface area contributed by atoms with Gasteiger partial charge in [0.1, 0.15) is 13.2 Å². The van der Waals surface area contributed by atoms with Crippen molar-refractivity contribution in [2.75, 3.05) is 26.2 Å². The highest BCUT2D eigenvalue weighted by Crippen LogP contribution is 2.27. The largest absolute Gasteiger partial charge is 0.447 e. The fourth-order valence-electron chi connectivity index (χ4n) is 3.08. The maximum Gasteiger partial charge on any atom is 0.410 e. The van der Waals surface area contributed by atoms with E-state index in [1.807, 2.05) is 30.3 Å². The van der Waals surface area contributed by atoms with Gasteiger partial charge in [0.05, 0.1) is 12.1 Å². The molecule has 2 amide bonds. The summed E-state index contributed by atoms with van der Waals surface area (Å²) < 4.78 is 5.13. The average molecular weight is 313 g/mol. The number of nitrogens with zero attached hydrogens (tertiary/aromatic N) is 3. The maximum absolute atomic E-state index is 12.5. The van der Waals surface area contributed by atoms with Crippen LogP contribution in [-0.2, 0) is 9.53 Å². The third kappa shape index (κ3) is 3.29. The predicted molar refractivity (Wildman–Crippen MR) is 82.2 cm³/mol. The lowest BCUT2D eigenvalue weighted by molar-refractivity contribution is -0.133. The second-order valence-corrected chi connectivity index (χ2v) is 5.92. The van der Waals surface area contributed by atoms with Gasteiger partial charge in [0.15, 0.2) is 0 Å². The zero-order valence-corrected chi connectivity index (χ0v) is 12.9. The number of benzene rings is 1. The van der Waals surface area contributed by atoms with E-state index < -0.39 is 6.09 Å². The van der Waals surface area contributed by atoms with Crippen LogP contribution < -0.4 is 0 Å². The van der Waals surface area contributed by atoms with Gasteiger partial charge in [-0.1, -0.05) is 30.3 Å². The number of carbonyl (C=O) groups excluding carboxylic acids is 2. The molecule has 6 nitrogen and oxygen atoms in total. The van der Waals surface area contributed by atoms with E-state index in [0.29, 0.717) is 25.9 Å². The van der Waals surface area contributed by atoms with Crippen LogP contribution in [0.15, 0.2) is 30.3 Å². The normalized spacial score (nSPS) is 21.9. The van der Waals surface area contributed by atoms with Gasteiger partial charge < -0.3 is 9.64 Å². The van der Waals surface area contributed by atoms with E-state index in [1.165, 1.54) is 4.90 Å². The SMILES string of the molecule is N#CC1CCN(C(=O)CN2C(=O)OCC2c2ccccc2)CC1. The number of rotatable bonds is 3. The van der Waals surface area contributed by atoms with Crippen molar-refractivity contribution in [3.63, 3.8) is 0 Å². The van der Waals surface area contributed by atoms with Gasteiger partial charge in [0, 0.05) is 19.0 Å². The summed E-state index contributed by atoms with van der Waals surface area (Å²) in [5, 5.41) is 8.92. The molecule has 0 bridgehead atoms. The molecule has 1 unspecified atom stereocenters. The Morgan fingerprint density at radius 2 is 1.96 bits per heavy atom. The Hall–Kier alpha value is -2.55. The second-order valence-electron chi connectivity index (χ2n) is 5.92. The third-order valence-corrected chi connectivity index (χ3v) is 4.50. The first kappa shape index (κ1) is 15.3. The molecule has 0 spiro atoms. The summed E-state index contributed by atoms with van der Waals surface area (Å²) in [7, 11) is 0. The van der Waals surface area contributed by atoms with E-state index in [-0.39, 0.29) is 31.0 Å². The number of cyclic esters (lactones) is 1. The predicted octanol–water partition coefficient (Wildman–Crippen LogP) is 1.94. The van der Waals surface area contributed by atoms with Crippen molar-refractivity contribution in [1.82, 2.24) is 9.80 Å². The smallest absolute Gasteiger partial charge is 0.410 e. The van der Waals surface area contributed by atoms with Crippen molar-refractivity contribution in [3.05, 3.63) is 35.9 Å². The third-order valence-electron chi connectivity index (χ3n) is 4.50. The van der Waals surface area contributed by atoms with Gasteiger partial charge in [0.25, 0.3) is 0 Å². The fourth-order valence-corrected chi connectivity index (χ4v) is 3.08. The van der Waals surface area contributed by atoms with Gasteiger partial charge in [0.2, 0.25) is 5.91 Å². The minimum absolute atomic E-state index is 0.0234. The van der Waals surface area contributed by atoms with Crippen molar-refractivity contribution in [2.45, 2.75) is 18.9 Å². The molecule has 2 aliphatic heterocycles. The number of amides is 2. The van der Waals surface area contributed by atoms with Crippen molar-refractivity contribution >= 4 is 12.0 Å². The molecule has 0 aliphatic carbocycles. The summed E-state index contributed by atoms with van der Waals surface area (Å²) >= 11 is 0. The molecule has 2 fully saturated rings. The van der Waals surface area contributed by atoms with Crippen LogP contribution in [0.3, 0.4) is 0 Å². The Bertz CT molecular complexity index is 618. The van der Waals surface area contributed by atoms with Gasteiger partial charge in [-0.15, -0.1) is 0 Å². The first-order chi connectivity index (χ1) is 11.2. The molecule has 0 N–H and O–H groups in total. The quantitative estimate of drug-likeness (QED) is 0.855. The van der Waals surface area contributed by atoms with Crippen molar-refractivity contribution in [3.8, 4) is 6.07 Å². The molecule has 2 aliphatic rings. The summed E-state index contributed by atoms with van der Waals surface area (Å²) in [6.07, 6.45) is 0.961. The molecule has 23 heavy (non-hydrogen) atoms. The number of hydrogen-bond donors (Lipinski definition) is 0. The topological polar surface area (TPSA) is 73.6 Å². The Labute approximate surface area is 135 Å². The van der Waals surface area contributed by atoms with Gasteiger partial charge in [-0.05, 0) is 18.4 Å². The standard InChI is InChI=1S/C17H19N3O3/c18-10-13-6-8-19(9-7-13)16(21)11-20-15(12-23-17(20)22)14-4-2-1-3-5-14/h1-5,13,15H,6-9,11-12H2. The minimum Gasteiger partial charge on any atom is -0.447 e. The van der Waals surface area contributed by atoms with E-state index >= 15 is 0 Å². The summed E-state index contributed by atoms with van der Waals surface area (Å²) in [5.41, 5.74) is 0.967. The fraction of sp³-hybridized carbons (Fsp3) is 0.471. The molecule has 1 aromatic carbocycles. The lowest BCUT2D eigenvalue weighted by Gasteiger charge is -2.31. The molecule has 0 radical (unpaired) electrons.